The van der Waals surface area contributed by atoms with Gasteiger partial charge in [-0.3, -0.25) is 0 Å². The number of hydrogen-bond donors (Lipinski definition) is 0. The van der Waals surface area contributed by atoms with Crippen LogP contribution in [0, 0.1) is 17.3 Å². The summed E-state index contributed by atoms with van der Waals surface area (Å²) in [5.41, 5.74) is 1.28. The van der Waals surface area contributed by atoms with Crippen molar-refractivity contribution in [2.75, 3.05) is 7.11 Å². The Kier molecular flexibility index (Phi) is 6.22. The molecule has 2 aliphatic carbocycles. The van der Waals surface area contributed by atoms with Gasteiger partial charge in [-0.1, -0.05) is 53.6 Å². The highest BCUT2D eigenvalue weighted by molar-refractivity contribution is 9.10. The molecule has 0 saturated heterocycles. The van der Waals surface area contributed by atoms with E-state index < -0.39 is 0 Å². The standard InChI is InChI=1S/C24H33BrO2/c1-23(2,3)27-22-10-6-9-20-17(8-7-15-24(20,22)4)11-12-18-16-19(26-5)13-14-21(18)25/h7-8,11-14,16-17,20,22H,6,9-10,15H2,1-5H3/b12-11-/t17-,20-,22-,24-/m0/s1. The Balaban J connectivity index is 1.83. The monoisotopic (exact) mass is 432 g/mol. The lowest BCUT2D eigenvalue weighted by molar-refractivity contribution is -0.153. The topological polar surface area (TPSA) is 18.5 Å². The van der Waals surface area contributed by atoms with E-state index in [-0.39, 0.29) is 11.0 Å². The van der Waals surface area contributed by atoms with Crippen LogP contribution in [0.25, 0.3) is 6.08 Å². The summed E-state index contributed by atoms with van der Waals surface area (Å²) in [6, 6.07) is 6.11. The summed E-state index contributed by atoms with van der Waals surface area (Å²) in [5.74, 6) is 1.97. The van der Waals surface area contributed by atoms with Gasteiger partial charge in [0.05, 0.1) is 18.8 Å². The van der Waals surface area contributed by atoms with Gasteiger partial charge >= 0.3 is 0 Å². The molecular weight excluding hydrogens is 400 g/mol. The van der Waals surface area contributed by atoms with Crippen LogP contribution >= 0.6 is 15.9 Å². The molecule has 0 radical (unpaired) electrons. The van der Waals surface area contributed by atoms with Gasteiger partial charge < -0.3 is 9.47 Å². The third-order valence-corrected chi connectivity index (χ3v) is 6.86. The maximum absolute atomic E-state index is 6.53. The molecule has 3 rings (SSSR count). The van der Waals surface area contributed by atoms with E-state index in [0.29, 0.717) is 17.9 Å². The van der Waals surface area contributed by atoms with Crippen LogP contribution in [0.2, 0.25) is 0 Å². The predicted octanol–water partition coefficient (Wildman–Crippen LogP) is 7.04. The van der Waals surface area contributed by atoms with Gasteiger partial charge in [-0.15, -0.1) is 0 Å². The van der Waals surface area contributed by atoms with Crippen LogP contribution in [0.4, 0.5) is 0 Å². The quantitative estimate of drug-likeness (QED) is 0.474. The minimum Gasteiger partial charge on any atom is -0.497 e. The van der Waals surface area contributed by atoms with Crippen LogP contribution in [0.1, 0.15) is 58.9 Å². The molecule has 0 unspecified atom stereocenters. The molecule has 0 aliphatic heterocycles. The minimum atomic E-state index is -0.0898. The number of allylic oxidation sites excluding steroid dienone is 3. The lowest BCUT2D eigenvalue weighted by Gasteiger charge is -2.52. The fourth-order valence-corrected chi connectivity index (χ4v) is 5.14. The second-order valence-corrected chi connectivity index (χ2v) is 10.1. The highest BCUT2D eigenvalue weighted by Gasteiger charge is 2.48. The van der Waals surface area contributed by atoms with Gasteiger partial charge in [-0.25, -0.2) is 0 Å². The highest BCUT2D eigenvalue weighted by Crippen LogP contribution is 2.52. The Hall–Kier alpha value is -1.06. The SMILES string of the molecule is COc1ccc(Br)c(/C=C\[C@@H]2C=CC[C@]3(C)[C@@H](OC(C)(C)C)CCC[C@@H]23)c1. The second-order valence-electron chi connectivity index (χ2n) is 9.22. The summed E-state index contributed by atoms with van der Waals surface area (Å²) in [5, 5.41) is 0. The van der Waals surface area contributed by atoms with Crippen LogP contribution in [-0.4, -0.2) is 18.8 Å². The number of halogens is 1. The largest absolute Gasteiger partial charge is 0.497 e. The third kappa shape index (κ3) is 4.68. The summed E-state index contributed by atoms with van der Waals surface area (Å²) in [7, 11) is 1.71. The molecule has 0 aromatic heterocycles. The molecule has 2 nitrogen and oxygen atoms in total. The number of rotatable bonds is 4. The normalized spacial score (nSPS) is 31.1. The molecule has 27 heavy (non-hydrogen) atoms. The van der Waals surface area contributed by atoms with E-state index in [1.165, 1.54) is 19.3 Å². The number of methoxy groups -OCH3 is 1. The molecule has 0 spiro atoms. The van der Waals surface area contributed by atoms with E-state index in [2.05, 4.69) is 74.0 Å². The molecule has 4 atom stereocenters. The van der Waals surface area contributed by atoms with E-state index in [1.54, 1.807) is 7.11 Å². The van der Waals surface area contributed by atoms with Gasteiger partial charge in [0.25, 0.3) is 0 Å². The number of ether oxygens (including phenoxy) is 2. The smallest absolute Gasteiger partial charge is 0.119 e. The summed E-state index contributed by atoms with van der Waals surface area (Å²) >= 11 is 3.66. The van der Waals surface area contributed by atoms with Gasteiger partial charge in [-0.05, 0) is 75.6 Å². The molecule has 1 aromatic carbocycles. The maximum Gasteiger partial charge on any atom is 0.119 e. The van der Waals surface area contributed by atoms with Crippen LogP contribution in [-0.2, 0) is 4.74 Å². The average Bonchev–Trinajstić information content (AvgIpc) is 2.60. The van der Waals surface area contributed by atoms with Crippen molar-refractivity contribution in [1.82, 2.24) is 0 Å². The molecule has 0 amide bonds. The summed E-state index contributed by atoms with van der Waals surface area (Å²) in [4.78, 5) is 0. The van der Waals surface area contributed by atoms with Crippen LogP contribution in [0.15, 0.2) is 40.9 Å². The lowest BCUT2D eigenvalue weighted by Crippen LogP contribution is -2.49. The summed E-state index contributed by atoms with van der Waals surface area (Å²) in [6.45, 7) is 8.97. The van der Waals surface area contributed by atoms with Crippen molar-refractivity contribution >= 4 is 22.0 Å². The van der Waals surface area contributed by atoms with Crippen LogP contribution < -0.4 is 4.74 Å². The molecule has 3 heteroatoms. The molecule has 1 saturated carbocycles. The molecule has 0 heterocycles. The van der Waals surface area contributed by atoms with Crippen molar-refractivity contribution in [1.29, 1.82) is 0 Å². The van der Waals surface area contributed by atoms with Crippen LogP contribution in [0.5, 0.6) is 5.75 Å². The second kappa shape index (κ2) is 8.13. The van der Waals surface area contributed by atoms with Crippen molar-refractivity contribution in [3.8, 4) is 5.75 Å². The van der Waals surface area contributed by atoms with Gasteiger partial charge in [0, 0.05) is 9.89 Å². The summed E-state index contributed by atoms with van der Waals surface area (Å²) in [6.07, 6.45) is 14.5. The zero-order valence-corrected chi connectivity index (χ0v) is 18.9. The van der Waals surface area contributed by atoms with E-state index in [4.69, 9.17) is 9.47 Å². The van der Waals surface area contributed by atoms with Crippen molar-refractivity contribution in [3.05, 3.63) is 46.5 Å². The van der Waals surface area contributed by atoms with E-state index in [9.17, 15) is 0 Å². The first-order valence-electron chi connectivity index (χ1n) is 10.1. The molecular formula is C24H33BrO2. The first kappa shape index (κ1) is 20.7. The van der Waals surface area contributed by atoms with Crippen molar-refractivity contribution in [3.63, 3.8) is 0 Å². The zero-order valence-electron chi connectivity index (χ0n) is 17.3. The Labute approximate surface area is 173 Å². The third-order valence-electron chi connectivity index (χ3n) is 6.14. The number of hydrogen-bond acceptors (Lipinski definition) is 2. The Morgan fingerprint density at radius 3 is 2.70 bits per heavy atom. The lowest BCUT2D eigenvalue weighted by atomic mass is 9.57. The molecule has 0 N–H and O–H groups in total. The number of fused-ring (bicyclic) bond motifs is 1. The van der Waals surface area contributed by atoms with E-state index >= 15 is 0 Å². The predicted molar refractivity (Wildman–Crippen MR) is 117 cm³/mol. The molecule has 148 valence electrons. The number of benzene rings is 1. The van der Waals surface area contributed by atoms with E-state index in [1.807, 2.05) is 12.1 Å². The van der Waals surface area contributed by atoms with Gasteiger partial charge in [0.15, 0.2) is 0 Å². The summed E-state index contributed by atoms with van der Waals surface area (Å²) < 4.78 is 13.0. The van der Waals surface area contributed by atoms with Crippen molar-refractivity contribution in [2.45, 2.75) is 65.1 Å². The first-order chi connectivity index (χ1) is 12.7. The Morgan fingerprint density at radius 1 is 1.22 bits per heavy atom. The first-order valence-corrected chi connectivity index (χ1v) is 10.9. The Morgan fingerprint density at radius 2 is 2.00 bits per heavy atom. The van der Waals surface area contributed by atoms with Gasteiger partial charge in [-0.2, -0.15) is 0 Å². The molecule has 2 aliphatic rings. The fourth-order valence-electron chi connectivity index (χ4n) is 4.76. The van der Waals surface area contributed by atoms with Crippen molar-refractivity contribution in [2.24, 2.45) is 17.3 Å². The maximum atomic E-state index is 6.53. The van der Waals surface area contributed by atoms with Gasteiger partial charge in [0.2, 0.25) is 0 Å². The highest BCUT2D eigenvalue weighted by atomic mass is 79.9. The molecule has 1 aromatic rings. The molecule has 0 bridgehead atoms. The van der Waals surface area contributed by atoms with Gasteiger partial charge in [0.1, 0.15) is 5.75 Å². The zero-order chi connectivity index (χ0) is 19.7. The minimum absolute atomic E-state index is 0.0898. The Bertz CT molecular complexity index is 716. The molecule has 1 fully saturated rings. The fraction of sp³-hybridized carbons (Fsp3) is 0.583. The van der Waals surface area contributed by atoms with Crippen LogP contribution in [0.3, 0.4) is 0 Å². The van der Waals surface area contributed by atoms with Crippen molar-refractivity contribution < 1.29 is 9.47 Å². The van der Waals surface area contributed by atoms with E-state index in [0.717, 1.165) is 22.2 Å². The average molecular weight is 433 g/mol.